The van der Waals surface area contributed by atoms with Crippen molar-refractivity contribution in [2.24, 2.45) is 0 Å². The van der Waals surface area contributed by atoms with Crippen molar-refractivity contribution in [3.63, 3.8) is 0 Å². The summed E-state index contributed by atoms with van der Waals surface area (Å²) in [4.78, 5) is 27.3. The Morgan fingerprint density at radius 1 is 1.32 bits per heavy atom. The quantitative estimate of drug-likeness (QED) is 0.799. The molecule has 0 spiro atoms. The van der Waals surface area contributed by atoms with Gasteiger partial charge in [0, 0.05) is 12.2 Å². The molecule has 0 radical (unpaired) electrons. The van der Waals surface area contributed by atoms with Crippen molar-refractivity contribution in [3.05, 3.63) is 47.3 Å². The van der Waals surface area contributed by atoms with E-state index in [9.17, 15) is 4.79 Å². The van der Waals surface area contributed by atoms with Crippen LogP contribution in [-0.2, 0) is 11.3 Å². The van der Waals surface area contributed by atoms with Crippen LogP contribution in [0.5, 0.6) is 0 Å². The minimum atomic E-state index is 0.0325. The molecule has 3 aromatic rings. The molecule has 6 heteroatoms. The van der Waals surface area contributed by atoms with Crippen LogP contribution < -0.4 is 0 Å². The molecule has 6 nitrogen and oxygen atoms in total. The maximum atomic E-state index is 12.9. The fourth-order valence-corrected chi connectivity index (χ4v) is 3.59. The monoisotopic (exact) mass is 337 g/mol. The predicted octanol–water partition coefficient (Wildman–Crippen LogP) is 3.05. The zero-order chi connectivity index (χ0) is 17.6. The van der Waals surface area contributed by atoms with Crippen LogP contribution in [0.1, 0.15) is 41.7 Å². The predicted molar refractivity (Wildman–Crippen MR) is 96.2 cm³/mol. The lowest BCUT2D eigenvalue weighted by molar-refractivity contribution is -0.132. The number of H-pyrrole nitrogens is 1. The summed E-state index contributed by atoms with van der Waals surface area (Å²) in [6.45, 7) is 7.15. The zero-order valence-corrected chi connectivity index (χ0v) is 14.9. The molecule has 130 valence electrons. The number of rotatable bonds is 3. The second kappa shape index (κ2) is 6.02. The van der Waals surface area contributed by atoms with Crippen LogP contribution in [0, 0.1) is 20.8 Å². The molecule has 0 aliphatic carbocycles. The Bertz CT molecular complexity index is 939. The first-order chi connectivity index (χ1) is 12.0. The third-order valence-electron chi connectivity index (χ3n) is 5.20. The zero-order valence-electron chi connectivity index (χ0n) is 14.9. The van der Waals surface area contributed by atoms with Crippen molar-refractivity contribution in [2.45, 2.75) is 46.2 Å². The molecule has 1 aromatic carbocycles. The molecule has 1 amide bonds. The number of likely N-dealkylation sites (tertiary alicyclic amines) is 1. The SMILES string of the molecule is Cc1ccc2nc([C@H]3CCCN3C(=O)Cn3cnc(C)c3C)[nH]c2c1. The van der Waals surface area contributed by atoms with E-state index in [4.69, 9.17) is 4.98 Å². The Kier molecular flexibility index (Phi) is 3.82. The summed E-state index contributed by atoms with van der Waals surface area (Å²) < 4.78 is 1.93. The molecule has 1 saturated heterocycles. The number of aromatic nitrogens is 4. The third kappa shape index (κ3) is 2.81. The van der Waals surface area contributed by atoms with Gasteiger partial charge < -0.3 is 14.5 Å². The van der Waals surface area contributed by atoms with Crippen molar-refractivity contribution in [1.29, 1.82) is 0 Å². The van der Waals surface area contributed by atoms with Crippen LogP contribution in [0.3, 0.4) is 0 Å². The highest BCUT2D eigenvalue weighted by atomic mass is 16.2. The highest BCUT2D eigenvalue weighted by molar-refractivity contribution is 5.78. The van der Waals surface area contributed by atoms with E-state index in [2.05, 4.69) is 29.0 Å². The normalized spacial score (nSPS) is 17.6. The van der Waals surface area contributed by atoms with Crippen LogP contribution in [0.4, 0.5) is 0 Å². The van der Waals surface area contributed by atoms with Crippen LogP contribution in [-0.4, -0.2) is 36.9 Å². The Balaban J connectivity index is 1.58. The minimum Gasteiger partial charge on any atom is -0.340 e. The molecule has 1 N–H and O–H groups in total. The van der Waals surface area contributed by atoms with E-state index in [0.717, 1.165) is 47.6 Å². The van der Waals surface area contributed by atoms with E-state index in [0.29, 0.717) is 6.54 Å². The average molecular weight is 337 g/mol. The largest absolute Gasteiger partial charge is 0.340 e. The number of hydrogen-bond donors (Lipinski definition) is 1. The molecule has 0 saturated carbocycles. The number of nitrogens with zero attached hydrogens (tertiary/aromatic N) is 4. The molecule has 1 fully saturated rings. The van der Waals surface area contributed by atoms with Gasteiger partial charge in [-0.15, -0.1) is 0 Å². The number of imidazole rings is 2. The van der Waals surface area contributed by atoms with Gasteiger partial charge in [0.25, 0.3) is 0 Å². The minimum absolute atomic E-state index is 0.0325. The molecule has 1 aliphatic rings. The van der Waals surface area contributed by atoms with E-state index >= 15 is 0 Å². The Morgan fingerprint density at radius 2 is 2.16 bits per heavy atom. The fourth-order valence-electron chi connectivity index (χ4n) is 3.59. The van der Waals surface area contributed by atoms with Crippen molar-refractivity contribution in [2.75, 3.05) is 6.54 Å². The fraction of sp³-hybridized carbons (Fsp3) is 0.421. The molecule has 0 unspecified atom stereocenters. The van der Waals surface area contributed by atoms with Gasteiger partial charge in [0.1, 0.15) is 12.4 Å². The van der Waals surface area contributed by atoms with Gasteiger partial charge in [-0.25, -0.2) is 9.97 Å². The number of carbonyl (C=O) groups is 1. The Morgan fingerprint density at radius 3 is 2.92 bits per heavy atom. The van der Waals surface area contributed by atoms with Crippen molar-refractivity contribution >= 4 is 16.9 Å². The summed E-state index contributed by atoms with van der Waals surface area (Å²) in [5.74, 6) is 1.02. The topological polar surface area (TPSA) is 66.8 Å². The number of benzene rings is 1. The summed E-state index contributed by atoms with van der Waals surface area (Å²) in [6, 6.07) is 6.23. The first kappa shape index (κ1) is 15.9. The summed E-state index contributed by atoms with van der Waals surface area (Å²) >= 11 is 0. The second-order valence-electron chi connectivity index (χ2n) is 6.93. The molecule has 3 heterocycles. The van der Waals surface area contributed by atoms with Gasteiger partial charge in [-0.1, -0.05) is 6.07 Å². The van der Waals surface area contributed by atoms with Gasteiger partial charge in [-0.05, 0) is 51.3 Å². The van der Waals surface area contributed by atoms with Crippen molar-refractivity contribution in [3.8, 4) is 0 Å². The number of fused-ring (bicyclic) bond motifs is 1. The van der Waals surface area contributed by atoms with E-state index in [1.807, 2.05) is 29.4 Å². The van der Waals surface area contributed by atoms with E-state index in [1.165, 1.54) is 5.56 Å². The molecule has 1 atom stereocenters. The van der Waals surface area contributed by atoms with Gasteiger partial charge >= 0.3 is 0 Å². The summed E-state index contributed by atoms with van der Waals surface area (Å²) in [6.07, 6.45) is 3.71. The third-order valence-corrected chi connectivity index (χ3v) is 5.20. The lowest BCUT2D eigenvalue weighted by Crippen LogP contribution is -2.34. The number of carbonyl (C=O) groups excluding carboxylic acids is 1. The lowest BCUT2D eigenvalue weighted by atomic mass is 10.2. The summed E-state index contributed by atoms with van der Waals surface area (Å²) in [5.41, 5.74) is 5.21. The van der Waals surface area contributed by atoms with Crippen LogP contribution >= 0.6 is 0 Å². The maximum absolute atomic E-state index is 12.9. The van der Waals surface area contributed by atoms with Gasteiger partial charge in [0.2, 0.25) is 5.91 Å². The van der Waals surface area contributed by atoms with E-state index in [1.54, 1.807) is 6.33 Å². The van der Waals surface area contributed by atoms with Gasteiger partial charge in [-0.2, -0.15) is 0 Å². The van der Waals surface area contributed by atoms with E-state index < -0.39 is 0 Å². The number of hydrogen-bond acceptors (Lipinski definition) is 3. The molecule has 4 rings (SSSR count). The molecule has 2 aromatic heterocycles. The van der Waals surface area contributed by atoms with Gasteiger partial charge in [-0.3, -0.25) is 4.79 Å². The van der Waals surface area contributed by atoms with Gasteiger partial charge in [0.15, 0.2) is 0 Å². The highest BCUT2D eigenvalue weighted by Gasteiger charge is 2.32. The first-order valence-corrected chi connectivity index (χ1v) is 8.77. The second-order valence-corrected chi connectivity index (χ2v) is 6.93. The van der Waals surface area contributed by atoms with Crippen LogP contribution in [0.25, 0.3) is 11.0 Å². The molecule has 0 bridgehead atoms. The number of aryl methyl sites for hydroxylation is 2. The van der Waals surface area contributed by atoms with E-state index in [-0.39, 0.29) is 11.9 Å². The number of aromatic amines is 1. The standard InChI is InChI=1S/C19H23N5O/c1-12-6-7-15-16(9-12)22-19(21-15)17-5-4-8-24(17)18(25)10-23-11-20-13(2)14(23)3/h6-7,9,11,17H,4-5,8,10H2,1-3H3,(H,21,22)/t17-/m1/s1. The molecular weight excluding hydrogens is 314 g/mol. The maximum Gasteiger partial charge on any atom is 0.243 e. The van der Waals surface area contributed by atoms with Crippen LogP contribution in [0.15, 0.2) is 24.5 Å². The number of nitrogens with one attached hydrogen (secondary N) is 1. The first-order valence-electron chi connectivity index (χ1n) is 8.77. The van der Waals surface area contributed by atoms with Gasteiger partial charge in [0.05, 0.1) is 29.1 Å². The summed E-state index contributed by atoms with van der Waals surface area (Å²) in [5, 5.41) is 0. The number of amides is 1. The van der Waals surface area contributed by atoms with Crippen molar-refractivity contribution < 1.29 is 4.79 Å². The molecule has 25 heavy (non-hydrogen) atoms. The Labute approximate surface area is 146 Å². The summed E-state index contributed by atoms with van der Waals surface area (Å²) in [7, 11) is 0. The van der Waals surface area contributed by atoms with Crippen LogP contribution in [0.2, 0.25) is 0 Å². The average Bonchev–Trinajstić information content (AvgIpc) is 3.28. The van der Waals surface area contributed by atoms with Crippen molar-refractivity contribution in [1.82, 2.24) is 24.4 Å². The molecule has 1 aliphatic heterocycles. The smallest absolute Gasteiger partial charge is 0.243 e. The molecular formula is C19H23N5O. The highest BCUT2D eigenvalue weighted by Crippen LogP contribution is 2.31. The Hall–Kier alpha value is -2.63. The lowest BCUT2D eigenvalue weighted by Gasteiger charge is -2.23.